The molecule has 1 atom stereocenters. The Labute approximate surface area is 75.1 Å². The van der Waals surface area contributed by atoms with Crippen molar-refractivity contribution in [3.05, 3.63) is 11.7 Å². The third-order valence-electron chi connectivity index (χ3n) is 2.04. The molecule has 5 heteroatoms. The van der Waals surface area contributed by atoms with E-state index in [0.717, 1.165) is 19.3 Å². The van der Waals surface area contributed by atoms with Crippen molar-refractivity contribution in [1.29, 1.82) is 0 Å². The van der Waals surface area contributed by atoms with E-state index >= 15 is 0 Å². The maximum atomic E-state index is 10.2. The first-order valence-corrected chi connectivity index (χ1v) is 4.24. The predicted molar refractivity (Wildman–Crippen MR) is 42.2 cm³/mol. The Bertz CT molecular complexity index is 291. The second kappa shape index (κ2) is 3.66. The minimum Gasteiger partial charge on any atom is -0.381 e. The standard InChI is InChI=1S/C8H10N2O3/c11-3-1-7-9-8(10-13-7)6-2-4-12-5-6/h3,6H,1-2,4-5H2. The number of carbonyl (C=O) groups is 1. The maximum absolute atomic E-state index is 10.2. The molecule has 0 spiro atoms. The van der Waals surface area contributed by atoms with Gasteiger partial charge in [0, 0.05) is 12.5 Å². The van der Waals surface area contributed by atoms with E-state index in [9.17, 15) is 4.79 Å². The molecule has 0 radical (unpaired) electrons. The minimum absolute atomic E-state index is 0.195. The normalized spacial score (nSPS) is 22.0. The van der Waals surface area contributed by atoms with E-state index in [1.54, 1.807) is 0 Å². The van der Waals surface area contributed by atoms with Crippen molar-refractivity contribution in [2.45, 2.75) is 18.8 Å². The highest BCUT2D eigenvalue weighted by atomic mass is 16.5. The van der Waals surface area contributed by atoms with Gasteiger partial charge in [0.05, 0.1) is 13.0 Å². The fourth-order valence-electron chi connectivity index (χ4n) is 1.33. The average molecular weight is 182 g/mol. The first-order valence-electron chi connectivity index (χ1n) is 4.24. The average Bonchev–Trinajstić information content (AvgIpc) is 2.70. The number of nitrogens with zero attached hydrogens (tertiary/aromatic N) is 2. The smallest absolute Gasteiger partial charge is 0.233 e. The lowest BCUT2D eigenvalue weighted by molar-refractivity contribution is -0.107. The number of hydrogen-bond donors (Lipinski definition) is 0. The topological polar surface area (TPSA) is 65.2 Å². The van der Waals surface area contributed by atoms with Crippen LogP contribution in [0, 0.1) is 0 Å². The molecule has 1 aliphatic rings. The summed E-state index contributed by atoms with van der Waals surface area (Å²) >= 11 is 0. The van der Waals surface area contributed by atoms with Crippen LogP contribution >= 0.6 is 0 Å². The van der Waals surface area contributed by atoms with Crippen LogP contribution < -0.4 is 0 Å². The first-order chi connectivity index (χ1) is 6.40. The third-order valence-corrected chi connectivity index (χ3v) is 2.04. The van der Waals surface area contributed by atoms with Crippen LogP contribution in [0.4, 0.5) is 0 Å². The Kier molecular flexibility index (Phi) is 2.35. The van der Waals surface area contributed by atoms with Crippen molar-refractivity contribution in [3.8, 4) is 0 Å². The number of carbonyl (C=O) groups excluding carboxylic acids is 1. The van der Waals surface area contributed by atoms with E-state index in [0.29, 0.717) is 18.3 Å². The zero-order valence-electron chi connectivity index (χ0n) is 7.10. The molecular weight excluding hydrogens is 172 g/mol. The van der Waals surface area contributed by atoms with Gasteiger partial charge in [0.25, 0.3) is 0 Å². The van der Waals surface area contributed by atoms with Gasteiger partial charge in [-0.3, -0.25) is 0 Å². The van der Waals surface area contributed by atoms with Gasteiger partial charge in [0.1, 0.15) is 6.29 Å². The van der Waals surface area contributed by atoms with Crippen molar-refractivity contribution < 1.29 is 14.1 Å². The summed E-state index contributed by atoms with van der Waals surface area (Å²) < 4.78 is 10.1. The fourth-order valence-corrected chi connectivity index (χ4v) is 1.33. The summed E-state index contributed by atoms with van der Waals surface area (Å²) in [7, 11) is 0. The summed E-state index contributed by atoms with van der Waals surface area (Å²) in [6.07, 6.45) is 1.88. The van der Waals surface area contributed by atoms with Gasteiger partial charge in [0.15, 0.2) is 5.82 Å². The van der Waals surface area contributed by atoms with Crippen LogP contribution in [0.25, 0.3) is 0 Å². The Morgan fingerprint density at radius 3 is 3.23 bits per heavy atom. The Morgan fingerprint density at radius 2 is 2.54 bits per heavy atom. The van der Waals surface area contributed by atoms with Gasteiger partial charge >= 0.3 is 0 Å². The zero-order valence-corrected chi connectivity index (χ0v) is 7.10. The van der Waals surface area contributed by atoms with Crippen LogP contribution in [0.5, 0.6) is 0 Å². The first kappa shape index (κ1) is 8.37. The molecule has 0 aromatic carbocycles. The fraction of sp³-hybridized carbons (Fsp3) is 0.625. The molecule has 70 valence electrons. The van der Waals surface area contributed by atoms with E-state index in [-0.39, 0.29) is 12.3 Å². The van der Waals surface area contributed by atoms with Crippen LogP contribution in [0.3, 0.4) is 0 Å². The highest BCUT2D eigenvalue weighted by molar-refractivity contribution is 5.52. The van der Waals surface area contributed by atoms with Gasteiger partial charge in [-0.15, -0.1) is 0 Å². The molecule has 1 aliphatic heterocycles. The SMILES string of the molecule is O=CCc1nc(C2CCOC2)no1. The van der Waals surface area contributed by atoms with Gasteiger partial charge in [-0.1, -0.05) is 5.16 Å². The van der Waals surface area contributed by atoms with Crippen molar-refractivity contribution in [3.63, 3.8) is 0 Å². The molecular formula is C8H10N2O3. The highest BCUT2D eigenvalue weighted by Crippen LogP contribution is 2.22. The molecule has 0 bridgehead atoms. The van der Waals surface area contributed by atoms with E-state index in [1.165, 1.54) is 0 Å². The molecule has 1 aromatic heterocycles. The molecule has 0 N–H and O–H groups in total. The van der Waals surface area contributed by atoms with Gasteiger partial charge in [-0.25, -0.2) is 0 Å². The molecule has 0 amide bonds. The lowest BCUT2D eigenvalue weighted by Gasteiger charge is -1.97. The molecule has 2 rings (SSSR count). The molecule has 1 fully saturated rings. The summed E-state index contributed by atoms with van der Waals surface area (Å²) in [5.41, 5.74) is 0. The summed E-state index contributed by atoms with van der Waals surface area (Å²) in [6.45, 7) is 1.41. The zero-order chi connectivity index (χ0) is 9.10. The molecule has 1 unspecified atom stereocenters. The monoisotopic (exact) mass is 182 g/mol. The summed E-state index contributed by atoms with van der Waals surface area (Å²) in [5.74, 6) is 1.29. The Hall–Kier alpha value is -1.23. The number of aldehydes is 1. The largest absolute Gasteiger partial charge is 0.381 e. The van der Waals surface area contributed by atoms with Gasteiger partial charge in [-0.2, -0.15) is 4.98 Å². The van der Waals surface area contributed by atoms with Crippen LogP contribution in [0.1, 0.15) is 24.1 Å². The van der Waals surface area contributed by atoms with Gasteiger partial charge in [-0.05, 0) is 6.42 Å². The maximum Gasteiger partial charge on any atom is 0.233 e. The van der Waals surface area contributed by atoms with E-state index < -0.39 is 0 Å². The van der Waals surface area contributed by atoms with Crippen LogP contribution in [0.15, 0.2) is 4.52 Å². The molecule has 0 saturated carbocycles. The third kappa shape index (κ3) is 1.75. The lowest BCUT2D eigenvalue weighted by Crippen LogP contribution is -2.00. The van der Waals surface area contributed by atoms with Crippen molar-refractivity contribution >= 4 is 6.29 Å². The number of ether oxygens (including phenoxy) is 1. The van der Waals surface area contributed by atoms with Gasteiger partial charge in [0.2, 0.25) is 5.89 Å². The molecule has 1 saturated heterocycles. The van der Waals surface area contributed by atoms with E-state index in [1.807, 2.05) is 0 Å². The van der Waals surface area contributed by atoms with Crippen molar-refractivity contribution in [1.82, 2.24) is 10.1 Å². The van der Waals surface area contributed by atoms with Crippen LogP contribution in [-0.2, 0) is 16.0 Å². The van der Waals surface area contributed by atoms with Crippen LogP contribution in [0.2, 0.25) is 0 Å². The minimum atomic E-state index is 0.195. The van der Waals surface area contributed by atoms with E-state index in [4.69, 9.17) is 9.26 Å². The highest BCUT2D eigenvalue weighted by Gasteiger charge is 2.22. The lowest BCUT2D eigenvalue weighted by atomic mass is 10.1. The summed E-state index contributed by atoms with van der Waals surface area (Å²) in [5, 5.41) is 3.79. The number of aromatic nitrogens is 2. The summed E-state index contributed by atoms with van der Waals surface area (Å²) in [6, 6.07) is 0. The molecule has 5 nitrogen and oxygen atoms in total. The quantitative estimate of drug-likeness (QED) is 0.629. The van der Waals surface area contributed by atoms with E-state index in [2.05, 4.69) is 10.1 Å². The van der Waals surface area contributed by atoms with Crippen molar-refractivity contribution in [2.24, 2.45) is 0 Å². The molecule has 2 heterocycles. The summed E-state index contributed by atoms with van der Waals surface area (Å²) in [4.78, 5) is 14.2. The van der Waals surface area contributed by atoms with Crippen molar-refractivity contribution in [2.75, 3.05) is 13.2 Å². The number of hydrogen-bond acceptors (Lipinski definition) is 5. The Morgan fingerprint density at radius 1 is 1.62 bits per heavy atom. The van der Waals surface area contributed by atoms with Crippen LogP contribution in [-0.4, -0.2) is 29.6 Å². The van der Waals surface area contributed by atoms with Gasteiger partial charge < -0.3 is 14.1 Å². The number of rotatable bonds is 3. The molecule has 1 aromatic rings. The molecule has 0 aliphatic carbocycles. The molecule has 13 heavy (non-hydrogen) atoms. The second-order valence-corrected chi connectivity index (χ2v) is 2.98. The predicted octanol–water partition coefficient (Wildman–Crippen LogP) is 0.315. The second-order valence-electron chi connectivity index (χ2n) is 2.98. The Balaban J connectivity index is 2.07.